The van der Waals surface area contributed by atoms with Gasteiger partial charge in [-0.3, -0.25) is 4.90 Å². The highest BCUT2D eigenvalue weighted by molar-refractivity contribution is 6.03. The van der Waals surface area contributed by atoms with Crippen molar-refractivity contribution in [3.05, 3.63) is 47.7 Å². The minimum atomic E-state index is -0.614. The van der Waals surface area contributed by atoms with Crippen LogP contribution < -0.4 is 15.0 Å². The Morgan fingerprint density at radius 3 is 2.56 bits per heavy atom. The Balaban J connectivity index is 1.93. The molecule has 1 heterocycles. The molecule has 32 heavy (non-hydrogen) atoms. The third-order valence-corrected chi connectivity index (χ3v) is 6.35. The van der Waals surface area contributed by atoms with Crippen LogP contribution in [0.15, 0.2) is 36.4 Å². The van der Waals surface area contributed by atoms with E-state index in [0.717, 1.165) is 48.5 Å². The third kappa shape index (κ3) is 5.78. The third-order valence-electron chi connectivity index (χ3n) is 6.35. The summed E-state index contributed by atoms with van der Waals surface area (Å²) >= 11 is 0. The number of para-hydroxylation sites is 1. The van der Waals surface area contributed by atoms with E-state index in [-0.39, 0.29) is 30.5 Å². The van der Waals surface area contributed by atoms with Gasteiger partial charge in [-0.25, -0.2) is 14.2 Å². The molecule has 6 heteroatoms. The molecule has 0 saturated heterocycles. The highest BCUT2D eigenvalue weighted by atomic mass is 19.1. The van der Waals surface area contributed by atoms with Crippen molar-refractivity contribution in [2.45, 2.75) is 71.8 Å². The highest BCUT2D eigenvalue weighted by Crippen LogP contribution is 2.36. The van der Waals surface area contributed by atoms with Crippen molar-refractivity contribution in [2.24, 2.45) is 5.92 Å². The first-order valence-corrected chi connectivity index (χ1v) is 11.8. The fraction of sp³-hybridized carbons (Fsp3) is 0.538. The Hall–Kier alpha value is -2.63. The van der Waals surface area contributed by atoms with Crippen molar-refractivity contribution in [2.75, 3.05) is 23.5 Å². The molecule has 174 valence electrons. The lowest BCUT2D eigenvalue weighted by atomic mass is 9.83. The van der Waals surface area contributed by atoms with Crippen LogP contribution in [0, 0.1) is 12.8 Å². The second kappa shape index (κ2) is 11.3. The number of carbonyl (C=O) groups excluding carboxylic acids is 1. The molecule has 0 unspecified atom stereocenters. The summed E-state index contributed by atoms with van der Waals surface area (Å²) in [4.78, 5) is 20.0. The number of benzene rings is 1. The summed E-state index contributed by atoms with van der Waals surface area (Å²) in [5, 5.41) is 3.01. The van der Waals surface area contributed by atoms with Crippen LogP contribution in [-0.2, 0) is 0 Å². The lowest BCUT2D eigenvalue weighted by Crippen LogP contribution is -2.45. The van der Waals surface area contributed by atoms with E-state index in [9.17, 15) is 9.18 Å². The summed E-state index contributed by atoms with van der Waals surface area (Å²) in [6, 6.07) is 11.7. The van der Waals surface area contributed by atoms with Gasteiger partial charge in [0.05, 0.1) is 0 Å². The first-order chi connectivity index (χ1) is 15.4. The summed E-state index contributed by atoms with van der Waals surface area (Å²) in [7, 11) is 0. The number of halogens is 1. The monoisotopic (exact) mass is 441 g/mol. The van der Waals surface area contributed by atoms with Crippen molar-refractivity contribution in [1.29, 1.82) is 0 Å². The molecule has 0 spiro atoms. The molecule has 1 fully saturated rings. The molecule has 2 aromatic rings. The lowest BCUT2D eigenvalue weighted by Gasteiger charge is -2.38. The first-order valence-electron chi connectivity index (χ1n) is 11.8. The molecule has 1 aliphatic carbocycles. The standard InChI is InChI=1S/C26H36FN3O2/c1-5-20-11-13-21(14-12-20)30(24-9-7-6-8-22(24)18(2)3)26(31)29-23-15-10-19(4)28-25(23)32-17-16-27/h6-10,15,18,20-21H,5,11-14,16-17H2,1-4H3,(H,29,31). The summed E-state index contributed by atoms with van der Waals surface area (Å²) in [5.74, 6) is 1.28. The first kappa shape index (κ1) is 24.0. The molecule has 0 bridgehead atoms. The zero-order valence-electron chi connectivity index (χ0n) is 19.7. The predicted octanol–water partition coefficient (Wildman–Crippen LogP) is 6.87. The van der Waals surface area contributed by atoms with Crippen molar-refractivity contribution < 1.29 is 13.9 Å². The predicted molar refractivity (Wildman–Crippen MR) is 129 cm³/mol. The summed E-state index contributed by atoms with van der Waals surface area (Å²) in [6.07, 6.45) is 5.41. The number of nitrogens with one attached hydrogen (secondary N) is 1. The number of hydrogen-bond acceptors (Lipinski definition) is 3. The van der Waals surface area contributed by atoms with E-state index < -0.39 is 6.67 Å². The number of amides is 2. The Labute approximate surface area is 191 Å². The van der Waals surface area contributed by atoms with E-state index in [1.165, 1.54) is 6.42 Å². The van der Waals surface area contributed by atoms with E-state index in [1.54, 1.807) is 6.07 Å². The molecule has 1 aromatic heterocycles. The van der Waals surface area contributed by atoms with Gasteiger partial charge >= 0.3 is 6.03 Å². The van der Waals surface area contributed by atoms with E-state index >= 15 is 0 Å². The highest BCUT2D eigenvalue weighted by Gasteiger charge is 2.31. The lowest BCUT2D eigenvalue weighted by molar-refractivity contribution is 0.246. The van der Waals surface area contributed by atoms with Crippen LogP contribution in [0.25, 0.3) is 0 Å². The topological polar surface area (TPSA) is 54.5 Å². The van der Waals surface area contributed by atoms with Gasteiger partial charge in [-0.1, -0.05) is 45.4 Å². The van der Waals surface area contributed by atoms with Gasteiger partial charge in [-0.15, -0.1) is 0 Å². The molecule has 5 nitrogen and oxygen atoms in total. The van der Waals surface area contributed by atoms with E-state index in [2.05, 4.69) is 37.1 Å². The van der Waals surface area contributed by atoms with Crippen LogP contribution >= 0.6 is 0 Å². The number of anilines is 2. The Kier molecular flexibility index (Phi) is 8.48. The quantitative estimate of drug-likeness (QED) is 0.486. The van der Waals surface area contributed by atoms with Crippen LogP contribution in [0.1, 0.15) is 70.1 Å². The molecular formula is C26H36FN3O2. The zero-order valence-corrected chi connectivity index (χ0v) is 19.7. The molecule has 1 N–H and O–H groups in total. The second-order valence-corrected chi connectivity index (χ2v) is 8.94. The van der Waals surface area contributed by atoms with Gasteiger partial charge in [0.15, 0.2) is 0 Å². The molecule has 0 atom stereocenters. The SMILES string of the molecule is CCC1CCC(N(C(=O)Nc2ccc(C)nc2OCCF)c2ccccc2C(C)C)CC1. The number of pyridine rings is 1. The maximum absolute atomic E-state index is 13.7. The van der Waals surface area contributed by atoms with Crippen LogP contribution in [0.4, 0.5) is 20.6 Å². The second-order valence-electron chi connectivity index (χ2n) is 8.94. The molecule has 1 aliphatic rings. The Morgan fingerprint density at radius 2 is 1.91 bits per heavy atom. The zero-order chi connectivity index (χ0) is 23.1. The number of ether oxygens (including phenoxy) is 1. The van der Waals surface area contributed by atoms with Gasteiger partial charge in [0.25, 0.3) is 0 Å². The molecule has 1 aromatic carbocycles. The number of nitrogens with zero attached hydrogens (tertiary/aromatic N) is 2. The fourth-order valence-electron chi connectivity index (χ4n) is 4.53. The minimum absolute atomic E-state index is 0.0970. The summed E-state index contributed by atoms with van der Waals surface area (Å²) in [6.45, 7) is 7.67. The van der Waals surface area contributed by atoms with Crippen LogP contribution in [0.2, 0.25) is 0 Å². The number of hydrogen-bond donors (Lipinski definition) is 1. The van der Waals surface area contributed by atoms with Crippen molar-refractivity contribution in [3.63, 3.8) is 0 Å². The average Bonchev–Trinajstić information content (AvgIpc) is 2.80. The van der Waals surface area contributed by atoms with Crippen LogP contribution in [-0.4, -0.2) is 30.3 Å². The van der Waals surface area contributed by atoms with E-state index in [4.69, 9.17) is 4.74 Å². The molecule has 1 saturated carbocycles. The van der Waals surface area contributed by atoms with Crippen molar-refractivity contribution in [1.82, 2.24) is 4.98 Å². The largest absolute Gasteiger partial charge is 0.473 e. The number of urea groups is 1. The maximum Gasteiger partial charge on any atom is 0.326 e. The maximum atomic E-state index is 13.7. The summed E-state index contributed by atoms with van der Waals surface area (Å²) < 4.78 is 18.2. The number of carbonyl (C=O) groups is 1. The van der Waals surface area contributed by atoms with Crippen molar-refractivity contribution in [3.8, 4) is 5.88 Å². The Morgan fingerprint density at radius 1 is 1.19 bits per heavy atom. The van der Waals surface area contributed by atoms with Gasteiger partial charge in [-0.2, -0.15) is 0 Å². The van der Waals surface area contributed by atoms with Crippen molar-refractivity contribution >= 4 is 17.4 Å². The number of rotatable bonds is 8. The van der Waals surface area contributed by atoms with Gasteiger partial charge in [-0.05, 0) is 68.2 Å². The summed E-state index contributed by atoms with van der Waals surface area (Å²) in [5.41, 5.74) is 3.31. The Bertz CT molecular complexity index is 894. The van der Waals surface area contributed by atoms with Crippen LogP contribution in [0.5, 0.6) is 5.88 Å². The fourth-order valence-corrected chi connectivity index (χ4v) is 4.53. The molecule has 3 rings (SSSR count). The smallest absolute Gasteiger partial charge is 0.326 e. The normalized spacial score (nSPS) is 18.4. The van der Waals surface area contributed by atoms with Gasteiger partial charge in [0.2, 0.25) is 5.88 Å². The number of alkyl halides is 1. The van der Waals surface area contributed by atoms with Crippen LogP contribution in [0.3, 0.4) is 0 Å². The molecule has 2 amide bonds. The number of aryl methyl sites for hydroxylation is 1. The number of aromatic nitrogens is 1. The molecule has 0 radical (unpaired) electrons. The molecular weight excluding hydrogens is 405 g/mol. The average molecular weight is 442 g/mol. The minimum Gasteiger partial charge on any atom is -0.473 e. The van der Waals surface area contributed by atoms with Gasteiger partial charge in [0, 0.05) is 17.4 Å². The van der Waals surface area contributed by atoms with Gasteiger partial charge in [0.1, 0.15) is 19.0 Å². The van der Waals surface area contributed by atoms with E-state index in [0.29, 0.717) is 5.69 Å². The molecule has 0 aliphatic heterocycles. The van der Waals surface area contributed by atoms with E-state index in [1.807, 2.05) is 36.1 Å². The van der Waals surface area contributed by atoms with Gasteiger partial charge < -0.3 is 10.1 Å².